The Balaban J connectivity index is 1.91. The van der Waals surface area contributed by atoms with Crippen LogP contribution in [-0.4, -0.2) is 39.0 Å². The fourth-order valence-corrected chi connectivity index (χ4v) is 3.36. The molecule has 0 saturated heterocycles. The van der Waals surface area contributed by atoms with Crippen LogP contribution in [0, 0.1) is 16.0 Å². The largest absolute Gasteiger partial charge is 0.381 e. The first-order valence-corrected chi connectivity index (χ1v) is 10.7. The molecule has 162 valence electrons. The predicted molar refractivity (Wildman–Crippen MR) is 110 cm³/mol. The summed E-state index contributed by atoms with van der Waals surface area (Å²) in [4.78, 5) is 21.9. The molecular weight excluding hydrogens is 412 g/mol. The smallest absolute Gasteiger partial charge is 0.339 e. The van der Waals surface area contributed by atoms with E-state index in [2.05, 4.69) is 19.2 Å². The van der Waals surface area contributed by atoms with Gasteiger partial charge in [0.15, 0.2) is 0 Å². The Bertz CT molecular complexity index is 973. The van der Waals surface area contributed by atoms with Gasteiger partial charge in [0.2, 0.25) is 0 Å². The summed E-state index contributed by atoms with van der Waals surface area (Å²) in [5.74, 6) is 0.147. The van der Waals surface area contributed by atoms with Crippen LogP contribution in [0.4, 0.5) is 5.69 Å². The van der Waals surface area contributed by atoms with Crippen LogP contribution >= 0.6 is 0 Å². The maximum Gasteiger partial charge on any atom is 0.339 e. The lowest BCUT2D eigenvalue weighted by atomic mass is 10.2. The van der Waals surface area contributed by atoms with E-state index in [9.17, 15) is 23.3 Å². The minimum absolute atomic E-state index is 0.0138. The first-order valence-electron chi connectivity index (χ1n) is 9.34. The summed E-state index contributed by atoms with van der Waals surface area (Å²) in [6.45, 7) is 5.81. The molecule has 0 fully saturated rings. The molecule has 1 N–H and O–H groups in total. The Morgan fingerprint density at radius 3 is 2.50 bits per heavy atom. The van der Waals surface area contributed by atoms with Gasteiger partial charge in [-0.3, -0.25) is 14.9 Å². The highest BCUT2D eigenvalue weighted by atomic mass is 32.2. The van der Waals surface area contributed by atoms with Crippen molar-refractivity contribution in [2.24, 2.45) is 5.92 Å². The molecule has 0 aromatic heterocycles. The summed E-state index contributed by atoms with van der Waals surface area (Å²) < 4.78 is 35.1. The van der Waals surface area contributed by atoms with Gasteiger partial charge < -0.3 is 14.2 Å². The third-order valence-corrected chi connectivity index (χ3v) is 5.08. The number of hydrogen-bond acceptors (Lipinski definition) is 7. The molecule has 2 aromatic rings. The highest BCUT2D eigenvalue weighted by Crippen LogP contribution is 2.22. The number of benzene rings is 2. The standard InChI is InChI=1S/C20H24N2O7S/c1-15(2)14-28-12-4-11-21-20(23)16-7-9-18(10-8-16)29-30(26,27)19-6-3-5-17(13-19)22(24)25/h3,5-10,13,15H,4,11-12,14H2,1-2H3,(H,21,23). The zero-order chi connectivity index (χ0) is 22.1. The molecule has 0 aliphatic carbocycles. The van der Waals surface area contributed by atoms with Crippen molar-refractivity contribution >= 4 is 21.7 Å². The van der Waals surface area contributed by atoms with Crippen molar-refractivity contribution in [3.63, 3.8) is 0 Å². The Kier molecular flexibility index (Phi) is 8.31. The van der Waals surface area contributed by atoms with E-state index < -0.39 is 15.0 Å². The number of carbonyl (C=O) groups excluding carboxylic acids is 1. The van der Waals surface area contributed by atoms with Gasteiger partial charge in [-0.2, -0.15) is 8.42 Å². The fourth-order valence-electron chi connectivity index (χ4n) is 2.39. The van der Waals surface area contributed by atoms with Crippen molar-refractivity contribution in [1.82, 2.24) is 5.32 Å². The lowest BCUT2D eigenvalue weighted by Gasteiger charge is -2.09. The molecule has 0 unspecified atom stereocenters. The molecule has 0 aliphatic heterocycles. The number of ether oxygens (including phenoxy) is 1. The third kappa shape index (κ3) is 7.12. The minimum Gasteiger partial charge on any atom is -0.381 e. The van der Waals surface area contributed by atoms with Crippen LogP contribution in [0.5, 0.6) is 5.75 Å². The molecular formula is C20H24N2O7S. The summed E-state index contributed by atoms with van der Waals surface area (Å²) in [6, 6.07) is 10.1. The molecule has 10 heteroatoms. The predicted octanol–water partition coefficient (Wildman–Crippen LogP) is 3.16. The number of nitrogens with zero attached hydrogens (tertiary/aromatic N) is 1. The van der Waals surface area contributed by atoms with Crippen LogP contribution in [0.25, 0.3) is 0 Å². The van der Waals surface area contributed by atoms with Crippen molar-refractivity contribution in [2.75, 3.05) is 19.8 Å². The number of amides is 1. The average molecular weight is 436 g/mol. The first kappa shape index (κ1) is 23.3. The monoisotopic (exact) mass is 436 g/mol. The summed E-state index contributed by atoms with van der Waals surface area (Å²) in [5.41, 5.74) is -0.0144. The lowest BCUT2D eigenvalue weighted by Crippen LogP contribution is -2.25. The van der Waals surface area contributed by atoms with Crippen molar-refractivity contribution in [1.29, 1.82) is 0 Å². The Hall–Kier alpha value is -2.98. The van der Waals surface area contributed by atoms with E-state index in [1.54, 1.807) is 0 Å². The second kappa shape index (κ2) is 10.7. The topological polar surface area (TPSA) is 125 Å². The highest BCUT2D eigenvalue weighted by Gasteiger charge is 2.20. The SMILES string of the molecule is CC(C)COCCCNC(=O)c1ccc(OS(=O)(=O)c2cccc([N+](=O)[O-])c2)cc1. The van der Waals surface area contributed by atoms with Gasteiger partial charge in [-0.05, 0) is 42.7 Å². The zero-order valence-electron chi connectivity index (χ0n) is 16.7. The van der Waals surface area contributed by atoms with Gasteiger partial charge in [-0.15, -0.1) is 0 Å². The van der Waals surface area contributed by atoms with Gasteiger partial charge in [-0.1, -0.05) is 19.9 Å². The Morgan fingerprint density at radius 2 is 1.87 bits per heavy atom. The zero-order valence-corrected chi connectivity index (χ0v) is 17.6. The molecule has 9 nitrogen and oxygen atoms in total. The van der Waals surface area contributed by atoms with Crippen LogP contribution in [-0.2, 0) is 14.9 Å². The molecule has 0 heterocycles. The average Bonchev–Trinajstić information content (AvgIpc) is 2.70. The lowest BCUT2D eigenvalue weighted by molar-refractivity contribution is -0.385. The van der Waals surface area contributed by atoms with Crippen LogP contribution in [0.3, 0.4) is 0 Å². The summed E-state index contributed by atoms with van der Waals surface area (Å²) in [6.07, 6.45) is 0.682. The second-order valence-electron chi connectivity index (χ2n) is 6.89. The maximum atomic E-state index is 12.3. The van der Waals surface area contributed by atoms with Crippen LogP contribution in [0.2, 0.25) is 0 Å². The summed E-state index contributed by atoms with van der Waals surface area (Å²) >= 11 is 0. The van der Waals surface area contributed by atoms with Gasteiger partial charge in [0.05, 0.1) is 4.92 Å². The van der Waals surface area contributed by atoms with Crippen LogP contribution < -0.4 is 9.50 Å². The first-order chi connectivity index (χ1) is 14.2. The molecule has 0 atom stereocenters. The highest BCUT2D eigenvalue weighted by molar-refractivity contribution is 7.87. The van der Waals surface area contributed by atoms with E-state index in [1.165, 1.54) is 42.5 Å². The molecule has 2 aromatic carbocycles. The van der Waals surface area contributed by atoms with Gasteiger partial charge in [0.1, 0.15) is 10.6 Å². The molecule has 30 heavy (non-hydrogen) atoms. The van der Waals surface area contributed by atoms with E-state index in [0.29, 0.717) is 37.7 Å². The van der Waals surface area contributed by atoms with E-state index in [0.717, 1.165) is 6.07 Å². The van der Waals surface area contributed by atoms with Gasteiger partial charge in [0.25, 0.3) is 11.6 Å². The number of rotatable bonds is 11. The van der Waals surface area contributed by atoms with Crippen LogP contribution in [0.1, 0.15) is 30.6 Å². The molecule has 0 radical (unpaired) electrons. The van der Waals surface area contributed by atoms with Crippen molar-refractivity contribution in [3.05, 3.63) is 64.2 Å². The van der Waals surface area contributed by atoms with E-state index >= 15 is 0 Å². The normalized spacial score (nSPS) is 11.3. The molecule has 0 spiro atoms. The number of nitrogens with one attached hydrogen (secondary N) is 1. The van der Waals surface area contributed by atoms with Gasteiger partial charge >= 0.3 is 10.1 Å². The van der Waals surface area contributed by atoms with Crippen molar-refractivity contribution in [3.8, 4) is 5.75 Å². The number of non-ortho nitro benzene ring substituents is 1. The quantitative estimate of drug-likeness (QED) is 0.248. The summed E-state index contributed by atoms with van der Waals surface area (Å²) in [5, 5.41) is 13.6. The molecule has 0 bridgehead atoms. The van der Waals surface area contributed by atoms with E-state index in [1.807, 2.05) is 0 Å². The van der Waals surface area contributed by atoms with Crippen LogP contribution in [0.15, 0.2) is 53.4 Å². The van der Waals surface area contributed by atoms with Crippen molar-refractivity contribution in [2.45, 2.75) is 25.2 Å². The minimum atomic E-state index is -4.25. The van der Waals surface area contributed by atoms with E-state index in [-0.39, 0.29) is 22.2 Å². The van der Waals surface area contributed by atoms with E-state index in [4.69, 9.17) is 8.92 Å². The molecule has 0 aliphatic rings. The van der Waals surface area contributed by atoms with Crippen molar-refractivity contribution < 1.29 is 27.1 Å². The fraction of sp³-hybridized carbons (Fsp3) is 0.350. The third-order valence-electron chi connectivity index (χ3n) is 3.84. The number of nitro benzene ring substituents is 1. The second-order valence-corrected chi connectivity index (χ2v) is 8.44. The summed E-state index contributed by atoms with van der Waals surface area (Å²) in [7, 11) is -4.25. The van der Waals surface area contributed by atoms with Gasteiger partial charge in [-0.25, -0.2) is 0 Å². The number of hydrogen-bond donors (Lipinski definition) is 1. The number of nitro groups is 1. The van der Waals surface area contributed by atoms with Gasteiger partial charge in [0, 0.05) is 37.5 Å². The molecule has 2 rings (SSSR count). The molecule has 1 amide bonds. The maximum absolute atomic E-state index is 12.3. The Morgan fingerprint density at radius 1 is 1.17 bits per heavy atom. The Labute approximate surface area is 175 Å². The number of carbonyl (C=O) groups is 1. The molecule has 0 saturated carbocycles.